The van der Waals surface area contributed by atoms with E-state index in [1.165, 1.54) is 57.4 Å². The molecule has 17 atom stereocenters. The van der Waals surface area contributed by atoms with E-state index < -0.39 is 137 Å². The quantitative estimate of drug-likeness (QED) is 0.0297. The van der Waals surface area contributed by atoms with E-state index in [1.54, 1.807) is 0 Å². The third kappa shape index (κ3) is 14.8. The van der Waals surface area contributed by atoms with Crippen LogP contribution < -0.4 is 11.1 Å². The van der Waals surface area contributed by atoms with E-state index in [0.29, 0.717) is 6.42 Å². The van der Waals surface area contributed by atoms with E-state index in [9.17, 15) is 61.0 Å². The highest BCUT2D eigenvalue weighted by atomic mass is 16.8. The van der Waals surface area contributed by atoms with Gasteiger partial charge < -0.3 is 95.6 Å². The predicted octanol–water partition coefficient (Wildman–Crippen LogP) is -3.49. The van der Waals surface area contributed by atoms with Crippen molar-refractivity contribution >= 4 is 5.91 Å². The van der Waals surface area contributed by atoms with Crippen molar-refractivity contribution in [2.45, 2.75) is 188 Å². The number of allylic oxidation sites excluding steroid dienone is 1. The van der Waals surface area contributed by atoms with Crippen molar-refractivity contribution in [2.24, 2.45) is 5.73 Å². The number of nitrogens with one attached hydrogen (secondary N) is 1. The van der Waals surface area contributed by atoms with Crippen LogP contribution in [0.2, 0.25) is 0 Å². The molecule has 0 aliphatic carbocycles. The summed E-state index contributed by atoms with van der Waals surface area (Å²) in [4.78, 5) is 12.2. The second kappa shape index (κ2) is 26.7. The average molecular weight is 843 g/mol. The summed E-state index contributed by atoms with van der Waals surface area (Å²) < 4.78 is 33.5. The predicted molar refractivity (Wildman–Crippen MR) is 202 cm³/mol. The highest BCUT2D eigenvalue weighted by molar-refractivity contribution is 5.78. The first-order valence-corrected chi connectivity index (χ1v) is 20.6. The highest BCUT2D eigenvalue weighted by Crippen LogP contribution is 2.32. The molecule has 0 aromatic heterocycles. The van der Waals surface area contributed by atoms with Gasteiger partial charge in [-0.1, -0.05) is 83.3 Å². The molecule has 3 heterocycles. The molecule has 20 heteroatoms. The Morgan fingerprint density at radius 2 is 1.09 bits per heavy atom. The van der Waals surface area contributed by atoms with E-state index in [0.717, 1.165) is 19.3 Å². The molecule has 0 saturated carbocycles. The second-order valence-corrected chi connectivity index (χ2v) is 15.3. The summed E-state index contributed by atoms with van der Waals surface area (Å²) in [5, 5.41) is 118. The Kier molecular flexibility index (Phi) is 23.4. The van der Waals surface area contributed by atoms with Crippen LogP contribution in [0.4, 0.5) is 0 Å². The lowest BCUT2D eigenvalue weighted by Gasteiger charge is -2.48. The van der Waals surface area contributed by atoms with E-state index in [-0.39, 0.29) is 6.54 Å². The molecule has 0 aromatic rings. The summed E-state index contributed by atoms with van der Waals surface area (Å²) in [6.07, 6.45) is -9.67. The third-order valence-electron chi connectivity index (χ3n) is 10.8. The molecule has 58 heavy (non-hydrogen) atoms. The van der Waals surface area contributed by atoms with E-state index in [4.69, 9.17) is 34.2 Å². The molecule has 20 nitrogen and oxygen atoms in total. The van der Waals surface area contributed by atoms with Gasteiger partial charge in [-0.3, -0.25) is 4.79 Å². The molecule has 0 spiro atoms. The number of carbonyl (C=O) groups is 1. The first-order chi connectivity index (χ1) is 27.8. The number of carbonyl (C=O) groups excluding carboxylic acids is 1. The second-order valence-electron chi connectivity index (χ2n) is 15.3. The van der Waals surface area contributed by atoms with E-state index >= 15 is 0 Å². The number of rotatable bonds is 26. The van der Waals surface area contributed by atoms with Gasteiger partial charge in [-0.05, 0) is 12.8 Å². The average Bonchev–Trinajstić information content (AvgIpc) is 3.22. The lowest BCUT2D eigenvalue weighted by molar-refractivity contribution is -0.379. The van der Waals surface area contributed by atoms with E-state index in [1.807, 2.05) is 6.08 Å². The van der Waals surface area contributed by atoms with Crippen molar-refractivity contribution in [3.8, 4) is 0 Å². The lowest BCUT2D eigenvalue weighted by atomic mass is 9.96. The summed E-state index contributed by atoms with van der Waals surface area (Å²) in [6.45, 7) is -1.03. The first-order valence-electron chi connectivity index (χ1n) is 20.6. The minimum atomic E-state index is -1.98. The van der Waals surface area contributed by atoms with Crippen molar-refractivity contribution < 1.29 is 89.4 Å². The zero-order valence-corrected chi connectivity index (χ0v) is 33.3. The molecule has 1 amide bonds. The number of hydrogen-bond donors (Lipinski definition) is 13. The van der Waals surface area contributed by atoms with Gasteiger partial charge in [0.05, 0.1) is 45.1 Å². The fraction of sp³-hybridized carbons (Fsp3) is 0.921. The maximum atomic E-state index is 12.2. The van der Waals surface area contributed by atoms with Crippen molar-refractivity contribution in [1.82, 2.24) is 5.32 Å². The zero-order valence-electron chi connectivity index (χ0n) is 33.3. The summed E-state index contributed by atoms with van der Waals surface area (Å²) >= 11 is 0. The Labute approximate surface area is 339 Å². The molecule has 3 rings (SSSR count). The molecule has 3 saturated heterocycles. The maximum absolute atomic E-state index is 12.2. The summed E-state index contributed by atoms with van der Waals surface area (Å²) in [7, 11) is 0. The molecule has 0 bridgehead atoms. The van der Waals surface area contributed by atoms with Gasteiger partial charge in [0.1, 0.15) is 73.2 Å². The summed E-state index contributed by atoms with van der Waals surface area (Å²) in [5.41, 5.74) is 5.47. The number of hydrogen-bond acceptors (Lipinski definition) is 19. The van der Waals surface area contributed by atoms with Crippen LogP contribution in [0.1, 0.15) is 84.0 Å². The number of nitrogens with two attached hydrogens (primary N) is 1. The number of amides is 1. The van der Waals surface area contributed by atoms with Gasteiger partial charge in [0, 0.05) is 0 Å². The van der Waals surface area contributed by atoms with Gasteiger partial charge in [-0.25, -0.2) is 0 Å². The number of aliphatic hydroxyl groups excluding tert-OH is 11. The molecule has 3 aliphatic heterocycles. The number of aliphatic hydroxyl groups is 11. The SMILES string of the molecule is CCCCCCCCCCCCCC=CC(O)C(COC1OC(CO)C(OC2OC(CO)C(OC3OC(CO)C(O)C(O)C3O)C(O)C2O)C(O)C1O)NC(=O)CN. The summed E-state index contributed by atoms with van der Waals surface area (Å²) in [6, 6.07) is -1.04. The molecule has 0 aromatic carbocycles. The minimum Gasteiger partial charge on any atom is -0.394 e. The molecule has 14 N–H and O–H groups in total. The highest BCUT2D eigenvalue weighted by Gasteiger charge is 2.53. The van der Waals surface area contributed by atoms with Gasteiger partial charge in [-0.2, -0.15) is 0 Å². The van der Waals surface area contributed by atoms with Crippen LogP contribution in [0.25, 0.3) is 0 Å². The molecule has 3 fully saturated rings. The Hall–Kier alpha value is -1.51. The molecule has 0 radical (unpaired) electrons. The van der Waals surface area contributed by atoms with Crippen LogP contribution in [-0.2, 0) is 33.2 Å². The van der Waals surface area contributed by atoms with Crippen molar-refractivity contribution in [3.05, 3.63) is 12.2 Å². The maximum Gasteiger partial charge on any atom is 0.234 e. The van der Waals surface area contributed by atoms with Crippen molar-refractivity contribution in [2.75, 3.05) is 33.0 Å². The van der Waals surface area contributed by atoms with Crippen molar-refractivity contribution in [1.29, 1.82) is 0 Å². The topological polar surface area (TPSA) is 333 Å². The van der Waals surface area contributed by atoms with Gasteiger partial charge >= 0.3 is 0 Å². The molecule has 17 unspecified atom stereocenters. The Morgan fingerprint density at radius 3 is 1.59 bits per heavy atom. The van der Waals surface area contributed by atoms with Crippen LogP contribution in [-0.4, -0.2) is 199 Å². The first kappa shape index (κ1) is 50.8. The molecule has 340 valence electrons. The monoisotopic (exact) mass is 842 g/mol. The normalized spacial score (nSPS) is 36.9. The molecular formula is C38H70N2O18. The third-order valence-corrected chi connectivity index (χ3v) is 10.8. The van der Waals surface area contributed by atoms with Crippen LogP contribution in [0.3, 0.4) is 0 Å². The van der Waals surface area contributed by atoms with Crippen LogP contribution in [0.15, 0.2) is 12.2 Å². The van der Waals surface area contributed by atoms with Crippen LogP contribution in [0, 0.1) is 0 Å². The molecular weight excluding hydrogens is 772 g/mol. The van der Waals surface area contributed by atoms with Crippen molar-refractivity contribution in [3.63, 3.8) is 0 Å². The Balaban J connectivity index is 1.53. The fourth-order valence-electron chi connectivity index (χ4n) is 7.17. The number of unbranched alkanes of at least 4 members (excludes halogenated alkanes) is 11. The van der Waals surface area contributed by atoms with E-state index in [2.05, 4.69) is 12.2 Å². The largest absolute Gasteiger partial charge is 0.394 e. The van der Waals surface area contributed by atoms with Gasteiger partial charge in [0.25, 0.3) is 0 Å². The van der Waals surface area contributed by atoms with Gasteiger partial charge in [0.2, 0.25) is 5.91 Å². The summed E-state index contributed by atoms with van der Waals surface area (Å²) in [5.74, 6) is -0.589. The Morgan fingerprint density at radius 1 is 0.638 bits per heavy atom. The number of ether oxygens (including phenoxy) is 6. The standard InChI is InChI=1S/C38H70N2O18/c1-2-3-4-5-6-7-8-9-10-11-12-13-14-15-22(44)21(40-26(45)16-39)20-53-36-32(51)29(48)34(24(18-42)55-36)58-38-33(52)30(49)35(25(19-43)56-38)57-37-31(50)28(47)27(46)23(17-41)54-37/h14-15,21-25,27-38,41-44,46-52H,2-13,16-20,39H2,1H3,(H,40,45). The van der Waals surface area contributed by atoms with Crippen LogP contribution in [0.5, 0.6) is 0 Å². The fourth-order valence-corrected chi connectivity index (χ4v) is 7.17. The van der Waals surface area contributed by atoms with Gasteiger partial charge in [0.15, 0.2) is 18.9 Å². The lowest BCUT2D eigenvalue weighted by Crippen LogP contribution is -2.66. The minimum absolute atomic E-state index is 0.375. The zero-order chi connectivity index (χ0) is 42.8. The smallest absolute Gasteiger partial charge is 0.234 e. The van der Waals surface area contributed by atoms with Gasteiger partial charge in [-0.15, -0.1) is 0 Å². The Bertz CT molecular complexity index is 1150. The van der Waals surface area contributed by atoms with Crippen LogP contribution >= 0.6 is 0 Å². The molecule has 3 aliphatic rings.